The van der Waals surface area contributed by atoms with Gasteiger partial charge in [0.05, 0.1) is 30.4 Å². The van der Waals surface area contributed by atoms with Gasteiger partial charge in [-0.25, -0.2) is 12.8 Å². The zero-order chi connectivity index (χ0) is 21.2. The largest absolute Gasteiger partial charge is 0.494 e. The van der Waals surface area contributed by atoms with E-state index < -0.39 is 22.3 Å². The average Bonchev–Trinajstić information content (AvgIpc) is 3.05. The average molecular weight is 415 g/mol. The van der Waals surface area contributed by atoms with E-state index in [9.17, 15) is 17.9 Å². The van der Waals surface area contributed by atoms with Crippen molar-refractivity contribution >= 4 is 9.84 Å². The topological polar surface area (TPSA) is 105 Å². The molecule has 0 spiro atoms. The lowest BCUT2D eigenvalue weighted by atomic mass is 9.98. The van der Waals surface area contributed by atoms with E-state index in [-0.39, 0.29) is 28.6 Å². The number of hydrogen-bond donors (Lipinski definition) is 1. The molecular formula is C20H18FN3O4S. The molecule has 2 aromatic carbocycles. The van der Waals surface area contributed by atoms with Gasteiger partial charge < -0.3 is 9.84 Å². The molecule has 0 bridgehead atoms. The first kappa shape index (κ1) is 20.5. The summed E-state index contributed by atoms with van der Waals surface area (Å²) >= 11 is 0. The molecule has 0 unspecified atom stereocenters. The molecule has 1 heterocycles. The number of aromatic nitrogens is 2. The molecule has 0 saturated carbocycles. The first-order chi connectivity index (χ1) is 13.8. The number of nitriles is 1. The number of nitrogens with zero attached hydrogens (tertiary/aromatic N) is 3. The van der Waals surface area contributed by atoms with E-state index in [4.69, 9.17) is 10.00 Å². The number of aliphatic hydroxyl groups excluding tert-OH is 1. The fourth-order valence-corrected chi connectivity index (χ4v) is 4.04. The lowest BCUT2D eigenvalue weighted by molar-refractivity contribution is 0.270. The number of rotatable bonds is 6. The highest BCUT2D eigenvalue weighted by Gasteiger charge is 2.25. The van der Waals surface area contributed by atoms with Crippen LogP contribution < -0.4 is 4.74 Å². The minimum absolute atomic E-state index is 0.0429. The van der Waals surface area contributed by atoms with Crippen LogP contribution in [0.3, 0.4) is 0 Å². The Balaban J connectivity index is 2.38. The van der Waals surface area contributed by atoms with E-state index in [1.807, 2.05) is 6.07 Å². The smallest absolute Gasteiger partial charge is 0.176 e. The van der Waals surface area contributed by atoms with E-state index in [2.05, 4.69) is 5.10 Å². The second-order valence-corrected chi connectivity index (χ2v) is 8.25. The standard InChI is InChI=1S/C20H18FN3O4S/c1-28-17-8-7-13(11-15(17)21)19-16(12-25)24(10-9-22)23-20(19)14-5-3-4-6-18(14)29(2,26)27/h3-8,11,25H,10,12H2,1-2H3. The summed E-state index contributed by atoms with van der Waals surface area (Å²) in [5.74, 6) is -0.578. The van der Waals surface area contributed by atoms with E-state index >= 15 is 0 Å². The Kier molecular flexibility index (Phi) is 5.68. The molecule has 0 aliphatic heterocycles. The number of hydrogen-bond acceptors (Lipinski definition) is 6. The van der Waals surface area contributed by atoms with Gasteiger partial charge in [-0.1, -0.05) is 24.3 Å². The first-order valence-corrected chi connectivity index (χ1v) is 10.4. The molecule has 1 N–H and O–H groups in total. The molecule has 9 heteroatoms. The lowest BCUT2D eigenvalue weighted by Gasteiger charge is -2.10. The molecule has 7 nitrogen and oxygen atoms in total. The Hall–Kier alpha value is -3.22. The van der Waals surface area contributed by atoms with Gasteiger partial charge in [0.15, 0.2) is 21.4 Å². The van der Waals surface area contributed by atoms with Gasteiger partial charge in [-0.05, 0) is 23.8 Å². The van der Waals surface area contributed by atoms with Gasteiger partial charge in [-0.15, -0.1) is 0 Å². The van der Waals surface area contributed by atoms with Gasteiger partial charge in [-0.3, -0.25) is 4.68 Å². The van der Waals surface area contributed by atoms with Crippen molar-refractivity contribution in [3.05, 3.63) is 54.0 Å². The Bertz CT molecular complexity index is 1210. The molecule has 0 saturated heterocycles. The summed E-state index contributed by atoms with van der Waals surface area (Å²) in [6.07, 6.45) is 1.08. The maximum absolute atomic E-state index is 14.4. The van der Waals surface area contributed by atoms with Crippen molar-refractivity contribution in [3.63, 3.8) is 0 Å². The van der Waals surface area contributed by atoms with E-state index in [1.54, 1.807) is 24.3 Å². The van der Waals surface area contributed by atoms with Gasteiger partial charge in [0, 0.05) is 17.4 Å². The fourth-order valence-electron chi connectivity index (χ4n) is 3.15. The fraction of sp³-hybridized carbons (Fsp3) is 0.200. The zero-order valence-electron chi connectivity index (χ0n) is 15.8. The summed E-state index contributed by atoms with van der Waals surface area (Å²) in [6, 6.07) is 12.5. The highest BCUT2D eigenvalue weighted by Crippen LogP contribution is 2.38. The first-order valence-electron chi connectivity index (χ1n) is 8.52. The van der Waals surface area contributed by atoms with Gasteiger partial charge >= 0.3 is 0 Å². The molecule has 3 rings (SSSR count). The van der Waals surface area contributed by atoms with E-state index in [1.165, 1.54) is 30.0 Å². The zero-order valence-corrected chi connectivity index (χ0v) is 16.6. The molecule has 0 amide bonds. The Morgan fingerprint density at radius 3 is 2.59 bits per heavy atom. The molecule has 29 heavy (non-hydrogen) atoms. The molecule has 0 fully saturated rings. The summed E-state index contributed by atoms with van der Waals surface area (Å²) < 4.78 is 45.2. The molecular weight excluding hydrogens is 397 g/mol. The van der Waals surface area contributed by atoms with Crippen LogP contribution >= 0.6 is 0 Å². The Labute approximate surface area is 167 Å². The normalized spacial score (nSPS) is 11.3. The molecule has 0 aliphatic carbocycles. The van der Waals surface area contributed by atoms with Crippen LogP contribution in [0.25, 0.3) is 22.4 Å². The minimum atomic E-state index is -3.59. The van der Waals surface area contributed by atoms with E-state index in [0.29, 0.717) is 16.7 Å². The van der Waals surface area contributed by atoms with Crippen LogP contribution in [-0.4, -0.2) is 36.7 Å². The van der Waals surface area contributed by atoms with Crippen LogP contribution in [0.5, 0.6) is 5.75 Å². The highest BCUT2D eigenvalue weighted by atomic mass is 32.2. The summed E-state index contributed by atoms with van der Waals surface area (Å²) in [4.78, 5) is 0.0429. The predicted molar refractivity (Wildman–Crippen MR) is 104 cm³/mol. The lowest BCUT2D eigenvalue weighted by Crippen LogP contribution is -2.04. The van der Waals surface area contributed by atoms with Gasteiger partial charge in [-0.2, -0.15) is 10.4 Å². The number of benzene rings is 2. The van der Waals surface area contributed by atoms with Crippen molar-refractivity contribution in [1.29, 1.82) is 5.26 Å². The number of aliphatic hydroxyl groups is 1. The number of ether oxygens (including phenoxy) is 1. The Morgan fingerprint density at radius 2 is 2.00 bits per heavy atom. The summed E-state index contributed by atoms with van der Waals surface area (Å²) in [5, 5.41) is 23.4. The highest BCUT2D eigenvalue weighted by molar-refractivity contribution is 7.90. The third-order valence-electron chi connectivity index (χ3n) is 4.41. The summed E-state index contributed by atoms with van der Waals surface area (Å²) in [5.41, 5.74) is 1.52. The molecule has 0 atom stereocenters. The molecule has 1 aromatic heterocycles. The number of halogens is 1. The van der Waals surface area contributed by atoms with Crippen molar-refractivity contribution in [2.75, 3.05) is 13.4 Å². The van der Waals surface area contributed by atoms with Crippen molar-refractivity contribution < 1.29 is 22.7 Å². The number of sulfone groups is 1. The summed E-state index contributed by atoms with van der Waals surface area (Å²) in [7, 11) is -2.25. The molecule has 150 valence electrons. The van der Waals surface area contributed by atoms with Crippen LogP contribution in [0.2, 0.25) is 0 Å². The van der Waals surface area contributed by atoms with Crippen LogP contribution in [0.4, 0.5) is 4.39 Å². The monoisotopic (exact) mass is 415 g/mol. The van der Waals surface area contributed by atoms with Crippen molar-refractivity contribution in [1.82, 2.24) is 9.78 Å². The van der Waals surface area contributed by atoms with Crippen molar-refractivity contribution in [3.8, 4) is 34.2 Å². The third kappa shape index (κ3) is 3.85. The second-order valence-electron chi connectivity index (χ2n) is 6.26. The SMILES string of the molecule is COc1ccc(-c2c(-c3ccccc3S(C)(=O)=O)nn(CC#N)c2CO)cc1F. The predicted octanol–water partition coefficient (Wildman–Crippen LogP) is 2.78. The molecule has 3 aromatic rings. The molecule has 0 radical (unpaired) electrons. The van der Waals surface area contributed by atoms with Crippen LogP contribution in [0, 0.1) is 17.1 Å². The van der Waals surface area contributed by atoms with Crippen molar-refractivity contribution in [2.24, 2.45) is 0 Å². The van der Waals surface area contributed by atoms with Crippen LogP contribution in [0.1, 0.15) is 5.69 Å². The minimum Gasteiger partial charge on any atom is -0.494 e. The maximum Gasteiger partial charge on any atom is 0.176 e. The number of methoxy groups -OCH3 is 1. The summed E-state index contributed by atoms with van der Waals surface area (Å²) in [6.45, 7) is -0.638. The van der Waals surface area contributed by atoms with Gasteiger partial charge in [0.25, 0.3) is 0 Å². The Morgan fingerprint density at radius 1 is 1.28 bits per heavy atom. The van der Waals surface area contributed by atoms with Crippen molar-refractivity contribution in [2.45, 2.75) is 18.0 Å². The van der Waals surface area contributed by atoms with Crippen LogP contribution in [0.15, 0.2) is 47.4 Å². The van der Waals surface area contributed by atoms with Gasteiger partial charge in [0.1, 0.15) is 12.2 Å². The quantitative estimate of drug-likeness (QED) is 0.664. The maximum atomic E-state index is 14.4. The molecule has 0 aliphatic rings. The third-order valence-corrected chi connectivity index (χ3v) is 5.56. The van der Waals surface area contributed by atoms with E-state index in [0.717, 1.165) is 6.26 Å². The van der Waals surface area contributed by atoms with Gasteiger partial charge in [0.2, 0.25) is 0 Å². The second kappa shape index (κ2) is 8.03. The van der Waals surface area contributed by atoms with Crippen LogP contribution in [-0.2, 0) is 23.0 Å².